The van der Waals surface area contributed by atoms with E-state index in [1.54, 1.807) is 48.2 Å². The van der Waals surface area contributed by atoms with Crippen molar-refractivity contribution in [2.75, 3.05) is 38.8 Å². The average molecular weight is 362 g/mol. The second-order valence-electron chi connectivity index (χ2n) is 7.01. The number of phenolic OH excluding ortho intramolecular Hbond substituents is 1. The molecule has 26 heavy (non-hydrogen) atoms. The van der Waals surface area contributed by atoms with Crippen molar-refractivity contribution in [2.24, 2.45) is 5.92 Å². The number of carbonyl (C=O) groups is 2. The van der Waals surface area contributed by atoms with Crippen LogP contribution in [0, 0.1) is 5.92 Å². The van der Waals surface area contributed by atoms with Crippen molar-refractivity contribution in [3.63, 3.8) is 0 Å². The number of ether oxygens (including phenoxy) is 1. The third-order valence-electron chi connectivity index (χ3n) is 4.93. The van der Waals surface area contributed by atoms with Crippen LogP contribution in [0.5, 0.6) is 5.75 Å². The number of aromatic hydroxyl groups is 1. The van der Waals surface area contributed by atoms with Crippen molar-refractivity contribution in [2.45, 2.75) is 24.9 Å². The van der Waals surface area contributed by atoms with Gasteiger partial charge in [-0.3, -0.25) is 20.4 Å². The van der Waals surface area contributed by atoms with Crippen LogP contribution in [-0.4, -0.2) is 67.8 Å². The second kappa shape index (κ2) is 8.03. The van der Waals surface area contributed by atoms with E-state index >= 15 is 0 Å². The van der Waals surface area contributed by atoms with E-state index in [0.29, 0.717) is 25.4 Å². The van der Waals surface area contributed by atoms with E-state index in [4.69, 9.17) is 4.74 Å². The Morgan fingerprint density at radius 2 is 2.00 bits per heavy atom. The highest BCUT2D eigenvalue weighted by molar-refractivity contribution is 6.00. The fourth-order valence-corrected chi connectivity index (χ4v) is 3.62. The van der Waals surface area contributed by atoms with Crippen molar-refractivity contribution in [3.05, 3.63) is 24.3 Å². The van der Waals surface area contributed by atoms with Crippen molar-refractivity contribution >= 4 is 17.5 Å². The largest absolute Gasteiger partial charge is 0.508 e. The van der Waals surface area contributed by atoms with Gasteiger partial charge >= 0.3 is 0 Å². The molecule has 3 atom stereocenters. The highest BCUT2D eigenvalue weighted by atomic mass is 16.5. The molecule has 0 spiro atoms. The van der Waals surface area contributed by atoms with Gasteiger partial charge in [-0.05, 0) is 30.7 Å². The van der Waals surface area contributed by atoms with Gasteiger partial charge in [-0.2, -0.15) is 0 Å². The van der Waals surface area contributed by atoms with E-state index in [0.717, 1.165) is 6.42 Å². The predicted molar refractivity (Wildman–Crippen MR) is 96.5 cm³/mol. The van der Waals surface area contributed by atoms with Gasteiger partial charge in [0.2, 0.25) is 11.8 Å². The highest BCUT2D eigenvalue weighted by Crippen LogP contribution is 2.27. The molecule has 3 N–H and O–H groups in total. The van der Waals surface area contributed by atoms with Crippen molar-refractivity contribution in [1.29, 1.82) is 0 Å². The number of benzene rings is 1. The number of methoxy groups -OCH3 is 1. The Hall–Kier alpha value is -2.16. The number of nitrogens with one attached hydrogen (secondary N) is 2. The Morgan fingerprint density at radius 1 is 1.31 bits per heavy atom. The summed E-state index contributed by atoms with van der Waals surface area (Å²) in [7, 11) is 3.45. The molecule has 2 amide bonds. The van der Waals surface area contributed by atoms with Crippen LogP contribution in [0.1, 0.15) is 12.8 Å². The lowest BCUT2D eigenvalue weighted by molar-refractivity contribution is -0.134. The molecule has 142 valence electrons. The average Bonchev–Trinajstić information content (AvgIpc) is 3.22. The van der Waals surface area contributed by atoms with E-state index in [1.807, 2.05) is 0 Å². The van der Waals surface area contributed by atoms with E-state index in [9.17, 15) is 14.7 Å². The van der Waals surface area contributed by atoms with Crippen LogP contribution in [0.2, 0.25) is 0 Å². The molecule has 0 radical (unpaired) electrons. The van der Waals surface area contributed by atoms with E-state index in [2.05, 4.69) is 10.9 Å². The number of nitrogens with zero attached hydrogens (tertiary/aromatic N) is 2. The Labute approximate surface area is 153 Å². The van der Waals surface area contributed by atoms with Gasteiger partial charge in [0.15, 0.2) is 0 Å². The number of hydrogen-bond donors (Lipinski definition) is 3. The van der Waals surface area contributed by atoms with Crippen LogP contribution in [0.15, 0.2) is 24.3 Å². The fourth-order valence-electron chi connectivity index (χ4n) is 3.62. The number of anilines is 1. The number of likely N-dealkylation sites (N-methyl/N-ethyl adjacent to an activating group) is 1. The number of phenols is 1. The topological polar surface area (TPSA) is 94.1 Å². The number of hydrogen-bond acceptors (Lipinski definition) is 6. The third-order valence-corrected chi connectivity index (χ3v) is 4.93. The Morgan fingerprint density at radius 3 is 2.69 bits per heavy atom. The number of hydrazine groups is 1. The molecule has 0 saturated carbocycles. The molecule has 3 rings (SSSR count). The van der Waals surface area contributed by atoms with Gasteiger partial charge in [0, 0.05) is 51.4 Å². The monoisotopic (exact) mass is 362 g/mol. The van der Waals surface area contributed by atoms with Gasteiger partial charge in [-0.25, -0.2) is 0 Å². The number of rotatable bonds is 6. The number of carbonyl (C=O) groups excluding carboxylic acids is 2. The number of amides is 2. The summed E-state index contributed by atoms with van der Waals surface area (Å²) in [5.41, 5.74) is 7.06. The summed E-state index contributed by atoms with van der Waals surface area (Å²) in [5.74, 6) is -0.275. The lowest BCUT2D eigenvalue weighted by Crippen LogP contribution is -2.43. The van der Waals surface area contributed by atoms with Gasteiger partial charge in [-0.1, -0.05) is 0 Å². The standard InChI is InChI=1S/C18H26N4O4/c1-21(10-13-8-14(11-26-2)20-19-13)18(25)12-7-17(24)22(9-12)15-3-5-16(23)6-4-15/h3-6,12-14,19-20,23H,7-11H2,1-2H3. The fraction of sp³-hybridized carbons (Fsp3) is 0.556. The SMILES string of the molecule is COCC1CC(CN(C)C(=O)C2CC(=O)N(c3ccc(O)cc3)C2)NN1. The second-order valence-corrected chi connectivity index (χ2v) is 7.01. The van der Waals surface area contributed by atoms with Gasteiger partial charge in [0.1, 0.15) is 5.75 Å². The molecule has 1 aromatic carbocycles. The van der Waals surface area contributed by atoms with Crippen LogP contribution in [0.3, 0.4) is 0 Å². The van der Waals surface area contributed by atoms with Crippen molar-refractivity contribution in [1.82, 2.24) is 15.8 Å². The first-order chi connectivity index (χ1) is 12.5. The van der Waals surface area contributed by atoms with E-state index in [1.165, 1.54) is 0 Å². The van der Waals surface area contributed by atoms with E-state index in [-0.39, 0.29) is 42.0 Å². The van der Waals surface area contributed by atoms with Crippen LogP contribution in [0.25, 0.3) is 0 Å². The molecule has 2 fully saturated rings. The molecular weight excluding hydrogens is 336 g/mol. The molecule has 2 saturated heterocycles. The molecule has 0 bridgehead atoms. The maximum absolute atomic E-state index is 12.8. The van der Waals surface area contributed by atoms with Crippen molar-refractivity contribution in [3.8, 4) is 5.75 Å². The van der Waals surface area contributed by atoms with Crippen molar-refractivity contribution < 1.29 is 19.4 Å². The molecule has 1 aromatic rings. The van der Waals surface area contributed by atoms with Gasteiger partial charge < -0.3 is 19.6 Å². The van der Waals surface area contributed by atoms with Crippen LogP contribution >= 0.6 is 0 Å². The zero-order valence-corrected chi connectivity index (χ0v) is 15.1. The Kier molecular flexibility index (Phi) is 5.75. The zero-order valence-electron chi connectivity index (χ0n) is 15.1. The molecule has 0 aromatic heterocycles. The quantitative estimate of drug-likeness (QED) is 0.664. The highest BCUT2D eigenvalue weighted by Gasteiger charge is 2.37. The van der Waals surface area contributed by atoms with Crippen LogP contribution in [0.4, 0.5) is 5.69 Å². The smallest absolute Gasteiger partial charge is 0.227 e. The molecule has 0 aliphatic carbocycles. The molecule has 8 heteroatoms. The Balaban J connectivity index is 1.55. The third kappa shape index (κ3) is 4.14. The maximum atomic E-state index is 12.8. The minimum atomic E-state index is -0.342. The first-order valence-electron chi connectivity index (χ1n) is 8.82. The summed E-state index contributed by atoms with van der Waals surface area (Å²) < 4.78 is 5.14. The van der Waals surface area contributed by atoms with Crippen LogP contribution < -0.4 is 15.8 Å². The zero-order chi connectivity index (χ0) is 18.7. The summed E-state index contributed by atoms with van der Waals surface area (Å²) in [6.07, 6.45) is 1.10. The van der Waals surface area contributed by atoms with E-state index < -0.39 is 0 Å². The molecule has 3 unspecified atom stereocenters. The predicted octanol–water partition coefficient (Wildman–Crippen LogP) is 0.0850. The first kappa shape index (κ1) is 18.6. The van der Waals surface area contributed by atoms with Gasteiger partial charge in [0.25, 0.3) is 0 Å². The minimum Gasteiger partial charge on any atom is -0.508 e. The lowest BCUT2D eigenvalue weighted by atomic mass is 10.1. The molecule has 8 nitrogen and oxygen atoms in total. The molecule has 2 heterocycles. The van der Waals surface area contributed by atoms with Crippen LogP contribution in [-0.2, 0) is 14.3 Å². The molecule has 2 aliphatic rings. The van der Waals surface area contributed by atoms with Gasteiger partial charge in [-0.15, -0.1) is 0 Å². The summed E-state index contributed by atoms with van der Waals surface area (Å²) in [5, 5.41) is 9.38. The lowest BCUT2D eigenvalue weighted by Gasteiger charge is -2.24. The maximum Gasteiger partial charge on any atom is 0.227 e. The van der Waals surface area contributed by atoms with Gasteiger partial charge in [0.05, 0.1) is 12.5 Å². The minimum absolute atomic E-state index is 0.0170. The molecule has 2 aliphatic heterocycles. The summed E-state index contributed by atoms with van der Waals surface area (Å²) in [6.45, 7) is 1.57. The Bertz CT molecular complexity index is 651. The summed E-state index contributed by atoms with van der Waals surface area (Å²) in [6, 6.07) is 6.86. The summed E-state index contributed by atoms with van der Waals surface area (Å²) in [4.78, 5) is 28.4. The summed E-state index contributed by atoms with van der Waals surface area (Å²) >= 11 is 0. The molecular formula is C18H26N4O4. The first-order valence-corrected chi connectivity index (χ1v) is 8.82. The normalized spacial score (nSPS) is 25.7.